The van der Waals surface area contributed by atoms with E-state index >= 15 is 0 Å². The Morgan fingerprint density at radius 2 is 1.77 bits per heavy atom. The van der Waals surface area contributed by atoms with E-state index < -0.39 is 6.10 Å². The van der Waals surface area contributed by atoms with Crippen LogP contribution in [0.3, 0.4) is 0 Å². The van der Waals surface area contributed by atoms with E-state index in [2.05, 4.69) is 11.7 Å². The summed E-state index contributed by atoms with van der Waals surface area (Å²) >= 11 is 0. The Bertz CT molecular complexity index is 394. The SMILES string of the molecule is CCCCCC(=O)/C=C/C=C/C=C\C(O)CCCC(=O)OC. The third kappa shape index (κ3) is 13.3. The van der Waals surface area contributed by atoms with Crippen molar-refractivity contribution in [1.82, 2.24) is 0 Å². The number of carbonyl (C=O) groups excluding carboxylic acids is 2. The molecule has 0 saturated heterocycles. The van der Waals surface area contributed by atoms with E-state index in [1.165, 1.54) is 7.11 Å². The van der Waals surface area contributed by atoms with Gasteiger partial charge in [0.1, 0.15) is 0 Å². The van der Waals surface area contributed by atoms with Crippen LogP contribution in [0.4, 0.5) is 0 Å². The smallest absolute Gasteiger partial charge is 0.305 e. The van der Waals surface area contributed by atoms with Gasteiger partial charge in [-0.05, 0) is 25.3 Å². The number of esters is 1. The summed E-state index contributed by atoms with van der Waals surface area (Å²) < 4.78 is 4.52. The maximum absolute atomic E-state index is 11.4. The van der Waals surface area contributed by atoms with Crippen molar-refractivity contribution in [1.29, 1.82) is 0 Å². The zero-order valence-corrected chi connectivity index (χ0v) is 13.7. The van der Waals surface area contributed by atoms with Crippen molar-refractivity contribution in [2.24, 2.45) is 0 Å². The first-order valence-electron chi connectivity index (χ1n) is 7.89. The van der Waals surface area contributed by atoms with Crippen molar-refractivity contribution in [3.05, 3.63) is 36.5 Å². The van der Waals surface area contributed by atoms with E-state index in [-0.39, 0.29) is 11.8 Å². The van der Waals surface area contributed by atoms with Crippen LogP contribution in [0.15, 0.2) is 36.5 Å². The molecule has 0 aromatic rings. The summed E-state index contributed by atoms with van der Waals surface area (Å²) in [5.41, 5.74) is 0. The van der Waals surface area contributed by atoms with Gasteiger partial charge >= 0.3 is 5.97 Å². The third-order valence-corrected chi connectivity index (χ3v) is 3.08. The van der Waals surface area contributed by atoms with E-state index in [0.29, 0.717) is 25.7 Å². The fourth-order valence-corrected chi connectivity index (χ4v) is 1.77. The molecule has 0 amide bonds. The van der Waals surface area contributed by atoms with Gasteiger partial charge in [0, 0.05) is 12.8 Å². The highest BCUT2D eigenvalue weighted by Gasteiger charge is 2.02. The summed E-state index contributed by atoms with van der Waals surface area (Å²) in [6, 6.07) is 0. The number of ether oxygens (including phenoxy) is 1. The molecular formula is C18H28O4. The lowest BCUT2D eigenvalue weighted by Crippen LogP contribution is -2.05. The lowest BCUT2D eigenvalue weighted by molar-refractivity contribution is -0.140. The van der Waals surface area contributed by atoms with Gasteiger partial charge in [0.05, 0.1) is 13.2 Å². The number of hydrogen-bond acceptors (Lipinski definition) is 4. The molecule has 0 radical (unpaired) electrons. The molecule has 0 aromatic carbocycles. The molecule has 0 aliphatic carbocycles. The number of carbonyl (C=O) groups is 2. The molecule has 0 heterocycles. The Morgan fingerprint density at radius 1 is 1.05 bits per heavy atom. The first kappa shape index (κ1) is 20.3. The first-order chi connectivity index (χ1) is 10.6. The molecule has 0 saturated carbocycles. The lowest BCUT2D eigenvalue weighted by Gasteiger charge is -2.03. The van der Waals surface area contributed by atoms with Crippen LogP contribution in [-0.2, 0) is 14.3 Å². The minimum atomic E-state index is -0.575. The highest BCUT2D eigenvalue weighted by molar-refractivity contribution is 5.89. The number of hydrogen-bond donors (Lipinski definition) is 1. The molecule has 4 heteroatoms. The monoisotopic (exact) mass is 308 g/mol. The average Bonchev–Trinajstić information content (AvgIpc) is 2.50. The zero-order chi connectivity index (χ0) is 16.6. The molecule has 4 nitrogen and oxygen atoms in total. The van der Waals surface area contributed by atoms with Crippen molar-refractivity contribution in [2.45, 2.75) is 58.0 Å². The van der Waals surface area contributed by atoms with Crippen LogP contribution in [0.5, 0.6) is 0 Å². The quantitative estimate of drug-likeness (QED) is 0.259. The second-order valence-corrected chi connectivity index (χ2v) is 5.09. The molecule has 1 unspecified atom stereocenters. The van der Waals surface area contributed by atoms with Gasteiger partial charge < -0.3 is 9.84 Å². The minimum absolute atomic E-state index is 0.143. The van der Waals surface area contributed by atoms with Crippen LogP contribution >= 0.6 is 0 Å². The van der Waals surface area contributed by atoms with E-state index in [9.17, 15) is 14.7 Å². The third-order valence-electron chi connectivity index (χ3n) is 3.08. The Hall–Kier alpha value is -1.68. The average molecular weight is 308 g/mol. The molecule has 0 aliphatic rings. The highest BCUT2D eigenvalue weighted by Crippen LogP contribution is 2.03. The maximum Gasteiger partial charge on any atom is 0.305 e. The van der Waals surface area contributed by atoms with Crippen molar-refractivity contribution < 1.29 is 19.4 Å². The fourth-order valence-electron chi connectivity index (χ4n) is 1.77. The Kier molecular flexibility index (Phi) is 13.2. The number of aliphatic hydroxyl groups is 1. The zero-order valence-electron chi connectivity index (χ0n) is 13.7. The van der Waals surface area contributed by atoms with Gasteiger partial charge in [-0.25, -0.2) is 0 Å². The molecule has 124 valence electrons. The Balaban J connectivity index is 3.81. The van der Waals surface area contributed by atoms with Crippen LogP contribution < -0.4 is 0 Å². The number of aliphatic hydroxyl groups excluding tert-OH is 1. The van der Waals surface area contributed by atoms with Gasteiger partial charge in [0.25, 0.3) is 0 Å². The van der Waals surface area contributed by atoms with E-state index in [1.54, 1.807) is 36.5 Å². The van der Waals surface area contributed by atoms with E-state index in [1.807, 2.05) is 0 Å². The van der Waals surface area contributed by atoms with Crippen molar-refractivity contribution >= 4 is 11.8 Å². The number of unbranched alkanes of at least 4 members (excludes halogenated alkanes) is 2. The number of rotatable bonds is 12. The molecule has 0 aliphatic heterocycles. The molecule has 0 fully saturated rings. The summed E-state index contributed by atoms with van der Waals surface area (Å²) in [4.78, 5) is 22.3. The van der Waals surface area contributed by atoms with Gasteiger partial charge in [-0.1, -0.05) is 50.1 Å². The van der Waals surface area contributed by atoms with Crippen molar-refractivity contribution in [3.63, 3.8) is 0 Å². The number of methoxy groups -OCH3 is 1. The van der Waals surface area contributed by atoms with E-state index in [4.69, 9.17) is 0 Å². The van der Waals surface area contributed by atoms with Crippen LogP contribution in [0, 0.1) is 0 Å². The first-order valence-corrected chi connectivity index (χ1v) is 7.89. The molecule has 0 bridgehead atoms. The summed E-state index contributed by atoms with van der Waals surface area (Å²) in [6.07, 6.45) is 14.8. The maximum atomic E-state index is 11.4. The van der Waals surface area contributed by atoms with Crippen LogP contribution in [0.1, 0.15) is 51.9 Å². The topological polar surface area (TPSA) is 63.6 Å². The Morgan fingerprint density at radius 3 is 2.45 bits per heavy atom. The lowest BCUT2D eigenvalue weighted by atomic mass is 10.1. The second-order valence-electron chi connectivity index (χ2n) is 5.09. The van der Waals surface area contributed by atoms with Gasteiger partial charge in [-0.2, -0.15) is 0 Å². The van der Waals surface area contributed by atoms with Crippen molar-refractivity contribution in [3.8, 4) is 0 Å². The van der Waals surface area contributed by atoms with Crippen LogP contribution in [0.25, 0.3) is 0 Å². The molecule has 1 atom stereocenters. The van der Waals surface area contributed by atoms with Gasteiger partial charge in [0.15, 0.2) is 5.78 Å². The molecule has 22 heavy (non-hydrogen) atoms. The summed E-state index contributed by atoms with van der Waals surface area (Å²) in [6.45, 7) is 2.11. The van der Waals surface area contributed by atoms with E-state index in [0.717, 1.165) is 19.3 Å². The van der Waals surface area contributed by atoms with Gasteiger partial charge in [0.2, 0.25) is 0 Å². The summed E-state index contributed by atoms with van der Waals surface area (Å²) in [5, 5.41) is 9.66. The second kappa shape index (κ2) is 14.3. The summed E-state index contributed by atoms with van der Waals surface area (Å²) in [7, 11) is 1.35. The largest absolute Gasteiger partial charge is 0.469 e. The predicted octanol–water partition coefficient (Wildman–Crippen LogP) is 3.51. The molecule has 0 rings (SSSR count). The number of allylic oxidation sites excluding steroid dienone is 5. The predicted molar refractivity (Wildman–Crippen MR) is 88.4 cm³/mol. The minimum Gasteiger partial charge on any atom is -0.469 e. The molecular weight excluding hydrogens is 280 g/mol. The molecule has 1 N–H and O–H groups in total. The van der Waals surface area contributed by atoms with Gasteiger partial charge in [-0.3, -0.25) is 9.59 Å². The summed E-state index contributed by atoms with van der Waals surface area (Å²) in [5.74, 6) is -0.116. The van der Waals surface area contributed by atoms with Crippen LogP contribution in [-0.4, -0.2) is 30.1 Å². The normalized spacial score (nSPS) is 13.2. The molecule has 0 spiro atoms. The Labute approximate surface area is 133 Å². The highest BCUT2D eigenvalue weighted by atomic mass is 16.5. The standard InChI is InChI=1S/C18H28O4/c1-3-4-7-11-16(19)12-8-5-6-9-13-17(20)14-10-15-18(21)22-2/h5-6,8-9,12-13,17,20H,3-4,7,10-11,14-15H2,1-2H3/b6-5+,12-8+,13-9-. The van der Waals surface area contributed by atoms with Crippen molar-refractivity contribution in [2.75, 3.05) is 7.11 Å². The molecule has 0 aromatic heterocycles. The fraction of sp³-hybridized carbons (Fsp3) is 0.556. The van der Waals surface area contributed by atoms with Gasteiger partial charge in [-0.15, -0.1) is 0 Å². The number of ketones is 1. The van der Waals surface area contributed by atoms with Crippen LogP contribution in [0.2, 0.25) is 0 Å².